The zero-order chi connectivity index (χ0) is 15.5. The fourth-order valence-electron chi connectivity index (χ4n) is 1.48. The van der Waals surface area contributed by atoms with Crippen LogP contribution in [-0.4, -0.2) is 18.4 Å². The van der Waals surface area contributed by atoms with Crippen molar-refractivity contribution in [3.63, 3.8) is 0 Å². The van der Waals surface area contributed by atoms with Crippen molar-refractivity contribution in [2.75, 3.05) is 12.4 Å². The molecule has 1 aromatic carbocycles. The summed E-state index contributed by atoms with van der Waals surface area (Å²) in [5.41, 5.74) is 0. The van der Waals surface area contributed by atoms with Gasteiger partial charge in [0.2, 0.25) is 5.88 Å². The number of anilines is 1. The molecule has 21 heavy (non-hydrogen) atoms. The first-order chi connectivity index (χ1) is 9.87. The van der Waals surface area contributed by atoms with Gasteiger partial charge in [0, 0.05) is 13.1 Å². The average molecular weight is 363 g/mol. The third-order valence-corrected chi connectivity index (χ3v) is 2.95. The largest absolute Gasteiger partial charge is 0.573 e. The summed E-state index contributed by atoms with van der Waals surface area (Å²) in [4.78, 5) is 4.14. The van der Waals surface area contributed by atoms with Crippen molar-refractivity contribution >= 4 is 21.7 Å². The molecule has 1 heterocycles. The quantitative estimate of drug-likeness (QED) is 0.864. The summed E-state index contributed by atoms with van der Waals surface area (Å²) < 4.78 is 45.9. The van der Waals surface area contributed by atoms with Crippen molar-refractivity contribution in [2.24, 2.45) is 0 Å². The molecule has 0 aliphatic heterocycles. The van der Waals surface area contributed by atoms with Crippen molar-refractivity contribution < 1.29 is 22.6 Å². The van der Waals surface area contributed by atoms with Gasteiger partial charge in [-0.1, -0.05) is 6.07 Å². The minimum atomic E-state index is -4.74. The lowest BCUT2D eigenvalue weighted by atomic mass is 10.3. The Morgan fingerprint density at radius 3 is 2.57 bits per heavy atom. The van der Waals surface area contributed by atoms with E-state index in [-0.39, 0.29) is 10.2 Å². The van der Waals surface area contributed by atoms with E-state index in [0.29, 0.717) is 17.4 Å². The van der Waals surface area contributed by atoms with Crippen LogP contribution in [-0.2, 0) is 0 Å². The molecule has 0 atom stereocenters. The lowest BCUT2D eigenvalue weighted by Crippen LogP contribution is -2.17. The fraction of sp³-hybridized carbons (Fsp3) is 0.154. The van der Waals surface area contributed by atoms with Crippen molar-refractivity contribution in [1.29, 1.82) is 0 Å². The van der Waals surface area contributed by atoms with Crippen molar-refractivity contribution in [3.05, 3.63) is 40.9 Å². The summed E-state index contributed by atoms with van der Waals surface area (Å²) >= 11 is 3.00. The highest BCUT2D eigenvalue weighted by Crippen LogP contribution is 2.34. The fourth-order valence-corrected chi connectivity index (χ4v) is 1.92. The molecular weight excluding hydrogens is 353 g/mol. The van der Waals surface area contributed by atoms with Crippen LogP contribution >= 0.6 is 15.9 Å². The molecule has 1 aromatic heterocycles. The van der Waals surface area contributed by atoms with E-state index in [1.807, 2.05) is 0 Å². The van der Waals surface area contributed by atoms with Crippen LogP contribution in [0.25, 0.3) is 0 Å². The van der Waals surface area contributed by atoms with Crippen molar-refractivity contribution in [1.82, 2.24) is 4.98 Å². The Kier molecular flexibility index (Phi) is 4.56. The first kappa shape index (κ1) is 15.4. The summed E-state index contributed by atoms with van der Waals surface area (Å²) in [6.45, 7) is 0. The maximum absolute atomic E-state index is 12.2. The molecule has 2 rings (SSSR count). The number of halogens is 4. The normalized spacial score (nSPS) is 11.1. The second kappa shape index (κ2) is 6.21. The maximum Gasteiger partial charge on any atom is 0.573 e. The smallest absolute Gasteiger partial charge is 0.439 e. The molecule has 0 amide bonds. The molecule has 0 radical (unpaired) electrons. The molecule has 112 valence electrons. The summed E-state index contributed by atoms with van der Waals surface area (Å²) in [5, 5.41) is 2.85. The number of pyridine rings is 1. The molecule has 4 nitrogen and oxygen atoms in total. The lowest BCUT2D eigenvalue weighted by Gasteiger charge is -2.12. The van der Waals surface area contributed by atoms with E-state index in [2.05, 4.69) is 31.0 Å². The highest BCUT2D eigenvalue weighted by molar-refractivity contribution is 9.10. The van der Waals surface area contributed by atoms with Crippen LogP contribution in [0, 0.1) is 0 Å². The third-order valence-electron chi connectivity index (χ3n) is 2.33. The van der Waals surface area contributed by atoms with Gasteiger partial charge in [-0.25, -0.2) is 0 Å². The molecule has 0 unspecified atom stereocenters. The SMILES string of the molecule is CNc1cccc(Oc2ccc(OC(F)(F)F)c(Br)c2)n1. The number of nitrogens with zero attached hydrogens (tertiary/aromatic N) is 1. The summed E-state index contributed by atoms with van der Waals surface area (Å²) in [5.74, 6) is 0.922. The number of benzene rings is 1. The Labute approximate surface area is 127 Å². The van der Waals surface area contributed by atoms with Gasteiger partial charge in [-0.05, 0) is 40.2 Å². The highest BCUT2D eigenvalue weighted by atomic mass is 79.9. The second-order valence-corrected chi connectivity index (χ2v) is 4.71. The number of ether oxygens (including phenoxy) is 2. The van der Waals surface area contributed by atoms with E-state index < -0.39 is 6.36 Å². The van der Waals surface area contributed by atoms with E-state index in [1.54, 1.807) is 25.2 Å². The maximum atomic E-state index is 12.2. The average Bonchev–Trinajstić information content (AvgIpc) is 2.41. The molecule has 0 saturated carbocycles. The molecule has 0 spiro atoms. The number of nitrogens with one attached hydrogen (secondary N) is 1. The molecule has 8 heteroatoms. The Balaban J connectivity index is 2.16. The summed E-state index contributed by atoms with van der Waals surface area (Å²) in [7, 11) is 1.71. The van der Waals surface area contributed by atoms with Gasteiger partial charge in [0.25, 0.3) is 0 Å². The third kappa shape index (κ3) is 4.52. The number of hydrogen-bond acceptors (Lipinski definition) is 4. The topological polar surface area (TPSA) is 43.4 Å². The molecule has 0 bridgehead atoms. The van der Waals surface area contributed by atoms with Crippen LogP contribution in [0.3, 0.4) is 0 Å². The van der Waals surface area contributed by atoms with Gasteiger partial charge >= 0.3 is 6.36 Å². The first-order valence-corrected chi connectivity index (χ1v) is 6.54. The monoisotopic (exact) mass is 362 g/mol. The second-order valence-electron chi connectivity index (χ2n) is 3.85. The summed E-state index contributed by atoms with van der Waals surface area (Å²) in [6, 6.07) is 9.02. The van der Waals surface area contributed by atoms with E-state index >= 15 is 0 Å². The molecule has 0 aliphatic carbocycles. The van der Waals surface area contributed by atoms with Crippen LogP contribution in [0.2, 0.25) is 0 Å². The molecular formula is C13H10BrF3N2O2. The molecule has 0 fully saturated rings. The molecule has 2 aromatic rings. The Bertz CT molecular complexity index is 635. The van der Waals surface area contributed by atoms with Gasteiger partial charge < -0.3 is 14.8 Å². The predicted octanol–water partition coefficient (Wildman–Crippen LogP) is 4.58. The molecule has 0 aliphatic rings. The number of aromatic nitrogens is 1. The van der Waals surface area contributed by atoms with Gasteiger partial charge in [0.05, 0.1) is 4.47 Å². The Morgan fingerprint density at radius 2 is 1.95 bits per heavy atom. The van der Waals surface area contributed by atoms with Crippen LogP contribution in [0.4, 0.5) is 19.0 Å². The van der Waals surface area contributed by atoms with E-state index in [4.69, 9.17) is 4.74 Å². The van der Waals surface area contributed by atoms with Gasteiger partial charge in [-0.3, -0.25) is 0 Å². The van der Waals surface area contributed by atoms with E-state index in [9.17, 15) is 13.2 Å². The number of alkyl halides is 3. The lowest BCUT2D eigenvalue weighted by molar-refractivity contribution is -0.274. The summed E-state index contributed by atoms with van der Waals surface area (Å²) in [6.07, 6.45) is -4.74. The van der Waals surface area contributed by atoms with Gasteiger partial charge in [-0.15, -0.1) is 13.2 Å². The van der Waals surface area contributed by atoms with Gasteiger partial charge in [0.15, 0.2) is 0 Å². The van der Waals surface area contributed by atoms with E-state index in [0.717, 1.165) is 6.07 Å². The van der Waals surface area contributed by atoms with Crippen LogP contribution < -0.4 is 14.8 Å². The predicted molar refractivity (Wildman–Crippen MR) is 74.7 cm³/mol. The Morgan fingerprint density at radius 1 is 1.19 bits per heavy atom. The van der Waals surface area contributed by atoms with Crippen LogP contribution in [0.15, 0.2) is 40.9 Å². The number of rotatable bonds is 4. The van der Waals surface area contributed by atoms with E-state index in [1.165, 1.54) is 12.1 Å². The minimum absolute atomic E-state index is 0.127. The van der Waals surface area contributed by atoms with Crippen molar-refractivity contribution in [2.45, 2.75) is 6.36 Å². The standard InChI is InChI=1S/C13H10BrF3N2O2/c1-18-11-3-2-4-12(19-11)20-8-5-6-10(9(14)7-8)21-13(15,16)17/h2-7H,1H3,(H,18,19). The van der Waals surface area contributed by atoms with Crippen LogP contribution in [0.1, 0.15) is 0 Å². The highest BCUT2D eigenvalue weighted by Gasteiger charge is 2.32. The van der Waals surface area contributed by atoms with Gasteiger partial charge in [-0.2, -0.15) is 4.98 Å². The zero-order valence-corrected chi connectivity index (χ0v) is 12.3. The van der Waals surface area contributed by atoms with Crippen LogP contribution in [0.5, 0.6) is 17.4 Å². The minimum Gasteiger partial charge on any atom is -0.439 e. The zero-order valence-electron chi connectivity index (χ0n) is 10.7. The molecule has 0 saturated heterocycles. The number of hydrogen-bond donors (Lipinski definition) is 1. The Hall–Kier alpha value is -1.96. The van der Waals surface area contributed by atoms with Crippen molar-refractivity contribution in [3.8, 4) is 17.4 Å². The van der Waals surface area contributed by atoms with Gasteiger partial charge in [0.1, 0.15) is 17.3 Å². The molecule has 1 N–H and O–H groups in total. The first-order valence-electron chi connectivity index (χ1n) is 5.75.